The first kappa shape index (κ1) is 13.6. The van der Waals surface area contributed by atoms with Crippen LogP contribution in [-0.2, 0) is 7.05 Å². The van der Waals surface area contributed by atoms with Gasteiger partial charge in [0.1, 0.15) is 11.6 Å². The Labute approximate surface area is 161 Å². The fraction of sp³-hybridized carbons (Fsp3) is 0.143. The molecule has 3 heterocycles. The number of aryl methyl sites for hydroxylation is 2. The Hall–Kier alpha value is -3.54. The number of anilines is 1. The average molecular weight is 360 g/mol. The predicted molar refractivity (Wildman–Crippen MR) is 106 cm³/mol. The number of imidazole rings is 1. The smallest absolute Gasteiger partial charge is 0.256 e. The van der Waals surface area contributed by atoms with Gasteiger partial charge in [-0.05, 0) is 38.0 Å². The topological polar surface area (TPSA) is 72.7 Å². The van der Waals surface area contributed by atoms with Crippen LogP contribution in [0.15, 0.2) is 55.0 Å². The Morgan fingerprint density at radius 1 is 1.07 bits per heavy atom. The Morgan fingerprint density at radius 3 is 2.59 bits per heavy atom. The van der Waals surface area contributed by atoms with Gasteiger partial charge < -0.3 is 9.88 Å². The van der Waals surface area contributed by atoms with Crippen LogP contribution in [0.3, 0.4) is 0 Å². The Bertz CT molecular complexity index is 1250. The highest BCUT2D eigenvalue weighted by atomic mass is 16.1. The number of aromatic nitrogens is 4. The SMILES string of the molecule is [2H]C([2H])([2H])c1ccc(C(=O)Nc2cc3cc(-c4cnc(C)n4C)cnc3cn2)cc1. The third-order valence-electron chi connectivity index (χ3n) is 4.47. The van der Waals surface area contributed by atoms with Gasteiger partial charge in [0.05, 0.1) is 23.6 Å². The fourth-order valence-corrected chi connectivity index (χ4v) is 2.82. The molecule has 0 saturated heterocycles. The minimum atomic E-state index is -2.20. The van der Waals surface area contributed by atoms with Crippen LogP contribution in [0.4, 0.5) is 5.82 Å². The normalized spacial score (nSPS) is 13.0. The van der Waals surface area contributed by atoms with Crippen molar-refractivity contribution in [2.24, 2.45) is 7.05 Å². The summed E-state index contributed by atoms with van der Waals surface area (Å²) in [5.74, 6) is 0.912. The molecule has 1 aromatic carbocycles. The summed E-state index contributed by atoms with van der Waals surface area (Å²) >= 11 is 0. The molecule has 6 heteroatoms. The number of fused-ring (bicyclic) bond motifs is 1. The van der Waals surface area contributed by atoms with Gasteiger partial charge in [-0.3, -0.25) is 9.78 Å². The van der Waals surface area contributed by atoms with E-state index in [9.17, 15) is 4.79 Å². The molecular weight excluding hydrogens is 338 g/mol. The Balaban J connectivity index is 1.60. The first-order chi connectivity index (χ1) is 14.2. The largest absolute Gasteiger partial charge is 0.331 e. The standard InChI is InChI=1S/C21H19N5O/c1-13-4-6-15(7-5-13)21(27)25-20-9-16-8-17(10-23-18(16)11-24-20)19-12-22-14(2)26(19)3/h4-12H,1-3H3,(H,24,25,27)/i1D3. The van der Waals surface area contributed by atoms with Crippen LogP contribution < -0.4 is 5.32 Å². The Morgan fingerprint density at radius 2 is 1.89 bits per heavy atom. The zero-order chi connectivity index (χ0) is 21.5. The molecule has 0 aliphatic heterocycles. The molecule has 4 aromatic rings. The van der Waals surface area contributed by atoms with Gasteiger partial charge in [-0.1, -0.05) is 17.7 Å². The molecule has 6 nitrogen and oxygen atoms in total. The number of pyridine rings is 2. The van der Waals surface area contributed by atoms with Gasteiger partial charge in [0.25, 0.3) is 5.91 Å². The summed E-state index contributed by atoms with van der Waals surface area (Å²) in [6.45, 7) is -0.272. The van der Waals surface area contributed by atoms with Crippen molar-refractivity contribution in [3.63, 3.8) is 0 Å². The fourth-order valence-electron chi connectivity index (χ4n) is 2.82. The molecule has 4 rings (SSSR count). The molecule has 0 atom stereocenters. The number of nitrogens with zero attached hydrogens (tertiary/aromatic N) is 4. The van der Waals surface area contributed by atoms with E-state index in [4.69, 9.17) is 4.11 Å². The lowest BCUT2D eigenvalue weighted by atomic mass is 10.1. The summed E-state index contributed by atoms with van der Waals surface area (Å²) < 4.78 is 24.2. The van der Waals surface area contributed by atoms with Crippen molar-refractivity contribution in [1.82, 2.24) is 19.5 Å². The maximum absolute atomic E-state index is 12.5. The zero-order valence-electron chi connectivity index (χ0n) is 17.9. The number of rotatable bonds is 3. The van der Waals surface area contributed by atoms with Crippen molar-refractivity contribution in [1.29, 1.82) is 0 Å². The molecule has 27 heavy (non-hydrogen) atoms. The molecule has 0 radical (unpaired) electrons. The van der Waals surface area contributed by atoms with Gasteiger partial charge in [0, 0.05) is 33.9 Å². The van der Waals surface area contributed by atoms with E-state index in [2.05, 4.69) is 20.3 Å². The van der Waals surface area contributed by atoms with E-state index in [-0.39, 0.29) is 11.5 Å². The summed E-state index contributed by atoms with van der Waals surface area (Å²) in [5.41, 5.74) is 3.10. The van der Waals surface area contributed by atoms with Crippen molar-refractivity contribution in [2.75, 3.05) is 5.32 Å². The van der Waals surface area contributed by atoms with Crippen molar-refractivity contribution in [2.45, 2.75) is 13.8 Å². The summed E-state index contributed by atoms with van der Waals surface area (Å²) in [7, 11) is 1.94. The number of carbonyl (C=O) groups excluding carboxylic acids is 1. The monoisotopic (exact) mass is 360 g/mol. The first-order valence-corrected chi connectivity index (χ1v) is 8.39. The van der Waals surface area contributed by atoms with E-state index in [0.29, 0.717) is 16.9 Å². The quantitative estimate of drug-likeness (QED) is 0.601. The molecule has 0 fully saturated rings. The second-order valence-corrected chi connectivity index (χ2v) is 6.27. The van der Waals surface area contributed by atoms with Crippen molar-refractivity contribution < 1.29 is 8.91 Å². The molecule has 0 unspecified atom stereocenters. The predicted octanol–water partition coefficient (Wildman–Crippen LogP) is 3.90. The van der Waals surface area contributed by atoms with Crippen LogP contribution in [0, 0.1) is 13.8 Å². The van der Waals surface area contributed by atoms with Crippen molar-refractivity contribution >= 4 is 22.6 Å². The average Bonchev–Trinajstić information content (AvgIpc) is 3.05. The minimum absolute atomic E-state index is 0.187. The third kappa shape index (κ3) is 3.29. The van der Waals surface area contributed by atoms with Gasteiger partial charge in [-0.15, -0.1) is 0 Å². The lowest BCUT2D eigenvalue weighted by Crippen LogP contribution is -2.12. The van der Waals surface area contributed by atoms with E-state index >= 15 is 0 Å². The lowest BCUT2D eigenvalue weighted by molar-refractivity contribution is 0.102. The number of hydrogen-bond acceptors (Lipinski definition) is 4. The van der Waals surface area contributed by atoms with Crippen molar-refractivity contribution in [3.05, 3.63) is 71.9 Å². The molecule has 0 saturated carbocycles. The van der Waals surface area contributed by atoms with Gasteiger partial charge >= 0.3 is 0 Å². The van der Waals surface area contributed by atoms with Crippen molar-refractivity contribution in [3.8, 4) is 11.3 Å². The van der Waals surface area contributed by atoms with Crippen LogP contribution in [0.5, 0.6) is 0 Å². The van der Waals surface area contributed by atoms with Gasteiger partial charge in [0.2, 0.25) is 0 Å². The van der Waals surface area contributed by atoms with Crippen LogP contribution in [0.1, 0.15) is 25.9 Å². The summed E-state index contributed by atoms with van der Waals surface area (Å²) in [4.78, 5) is 25.5. The highest BCUT2D eigenvalue weighted by Gasteiger charge is 2.10. The molecule has 0 spiro atoms. The Kier molecular flexibility index (Phi) is 3.35. The van der Waals surface area contributed by atoms with Gasteiger partial charge in [-0.25, -0.2) is 9.97 Å². The van der Waals surface area contributed by atoms with E-state index in [1.807, 2.05) is 24.6 Å². The number of hydrogen-bond donors (Lipinski definition) is 1. The maximum atomic E-state index is 12.5. The number of carbonyl (C=O) groups is 1. The highest BCUT2D eigenvalue weighted by molar-refractivity contribution is 6.04. The second kappa shape index (κ2) is 6.64. The summed E-state index contributed by atoms with van der Waals surface area (Å²) in [5, 5.41) is 3.58. The van der Waals surface area contributed by atoms with Gasteiger partial charge in [-0.2, -0.15) is 0 Å². The number of amides is 1. The maximum Gasteiger partial charge on any atom is 0.256 e. The molecule has 1 N–H and O–H groups in total. The van der Waals surface area contributed by atoms with E-state index in [0.717, 1.165) is 22.5 Å². The summed E-state index contributed by atoms with van der Waals surface area (Å²) in [6, 6.07) is 9.57. The minimum Gasteiger partial charge on any atom is -0.331 e. The van der Waals surface area contributed by atoms with E-state index in [1.165, 1.54) is 24.3 Å². The molecule has 0 aliphatic rings. The van der Waals surface area contributed by atoms with Crippen LogP contribution in [-0.4, -0.2) is 25.4 Å². The molecule has 0 aliphatic carbocycles. The highest BCUT2D eigenvalue weighted by Crippen LogP contribution is 2.24. The van der Waals surface area contributed by atoms with E-state index < -0.39 is 6.85 Å². The molecule has 0 bridgehead atoms. The summed E-state index contributed by atoms with van der Waals surface area (Å²) in [6.07, 6.45) is 5.16. The van der Waals surface area contributed by atoms with Gasteiger partial charge in [0.15, 0.2) is 0 Å². The van der Waals surface area contributed by atoms with Crippen LogP contribution in [0.25, 0.3) is 22.2 Å². The second-order valence-electron chi connectivity index (χ2n) is 6.27. The molecular formula is C21H19N5O. The zero-order valence-corrected chi connectivity index (χ0v) is 14.9. The molecule has 1 amide bonds. The van der Waals surface area contributed by atoms with Crippen LogP contribution >= 0.6 is 0 Å². The van der Waals surface area contributed by atoms with Crippen LogP contribution in [0.2, 0.25) is 0 Å². The third-order valence-corrected chi connectivity index (χ3v) is 4.47. The van der Waals surface area contributed by atoms with E-state index in [1.54, 1.807) is 24.7 Å². The first-order valence-electron chi connectivity index (χ1n) is 9.89. The number of benzene rings is 1. The molecule has 134 valence electrons. The lowest BCUT2D eigenvalue weighted by Gasteiger charge is -2.08. The molecule has 3 aromatic heterocycles. The number of nitrogens with one attached hydrogen (secondary N) is 1.